The van der Waals surface area contributed by atoms with Crippen LogP contribution in [0.2, 0.25) is 0 Å². The number of aromatic nitrogens is 1. The first-order valence-electron chi connectivity index (χ1n) is 6.57. The van der Waals surface area contributed by atoms with Gasteiger partial charge in [0.15, 0.2) is 0 Å². The third kappa shape index (κ3) is 2.63. The molecular weight excluding hydrogens is 240 g/mol. The van der Waals surface area contributed by atoms with Gasteiger partial charge in [-0.25, -0.2) is 0 Å². The van der Waals surface area contributed by atoms with Gasteiger partial charge in [0, 0.05) is 22.2 Å². The third-order valence-electron chi connectivity index (χ3n) is 3.62. The molecule has 0 saturated heterocycles. The number of carbonyl (C=O) groups excluding carboxylic acids is 1. The van der Waals surface area contributed by atoms with Crippen molar-refractivity contribution >= 4 is 16.8 Å². The number of carbonyl (C=O) groups is 1. The smallest absolute Gasteiger partial charge is 0.251 e. The molecule has 1 unspecified atom stereocenters. The van der Waals surface area contributed by atoms with E-state index in [4.69, 9.17) is 5.11 Å². The molecule has 1 amide bonds. The van der Waals surface area contributed by atoms with Crippen LogP contribution >= 0.6 is 0 Å². The highest BCUT2D eigenvalue weighted by molar-refractivity contribution is 5.99. The van der Waals surface area contributed by atoms with Gasteiger partial charge in [-0.05, 0) is 44.0 Å². The Morgan fingerprint density at radius 1 is 1.42 bits per heavy atom. The summed E-state index contributed by atoms with van der Waals surface area (Å²) in [7, 11) is 0. The van der Waals surface area contributed by atoms with Gasteiger partial charge in [-0.15, -0.1) is 0 Å². The van der Waals surface area contributed by atoms with E-state index in [0.29, 0.717) is 12.0 Å². The molecule has 1 aromatic heterocycles. The van der Waals surface area contributed by atoms with Crippen LogP contribution in [0, 0.1) is 13.8 Å². The monoisotopic (exact) mass is 260 g/mol. The van der Waals surface area contributed by atoms with Crippen LogP contribution in [0.25, 0.3) is 10.9 Å². The number of benzene rings is 1. The molecule has 3 N–H and O–H groups in total. The predicted octanol–water partition coefficient (Wildman–Crippen LogP) is 2.29. The maximum absolute atomic E-state index is 12.1. The van der Waals surface area contributed by atoms with Crippen molar-refractivity contribution in [2.75, 3.05) is 6.61 Å². The standard InChI is InChI=1S/C15H20N2O2/c1-4-12(8-18)17-15(19)11-5-6-14-13(7-11)9(2)10(3)16-14/h5-7,12,16,18H,4,8H2,1-3H3,(H,17,19). The van der Waals surface area contributed by atoms with E-state index in [1.54, 1.807) is 6.07 Å². The second kappa shape index (κ2) is 5.45. The first-order chi connectivity index (χ1) is 9.06. The fraction of sp³-hybridized carbons (Fsp3) is 0.400. The Morgan fingerprint density at radius 3 is 2.79 bits per heavy atom. The van der Waals surface area contributed by atoms with Crippen LogP contribution in [-0.4, -0.2) is 28.6 Å². The number of aliphatic hydroxyl groups is 1. The quantitative estimate of drug-likeness (QED) is 0.789. The Balaban J connectivity index is 2.30. The molecule has 1 aromatic carbocycles. The molecule has 1 atom stereocenters. The second-order valence-corrected chi connectivity index (χ2v) is 4.90. The van der Waals surface area contributed by atoms with Crippen molar-refractivity contribution in [2.45, 2.75) is 33.2 Å². The van der Waals surface area contributed by atoms with Gasteiger partial charge in [0.2, 0.25) is 0 Å². The van der Waals surface area contributed by atoms with E-state index in [1.807, 2.05) is 32.9 Å². The van der Waals surface area contributed by atoms with Crippen LogP contribution in [0.3, 0.4) is 0 Å². The molecule has 0 bridgehead atoms. The van der Waals surface area contributed by atoms with Gasteiger partial charge in [0.1, 0.15) is 0 Å². The molecule has 1 heterocycles. The first kappa shape index (κ1) is 13.6. The molecule has 0 radical (unpaired) electrons. The Kier molecular flexibility index (Phi) is 3.90. The van der Waals surface area contributed by atoms with E-state index in [1.165, 1.54) is 5.56 Å². The van der Waals surface area contributed by atoms with Crippen molar-refractivity contribution in [1.29, 1.82) is 0 Å². The first-order valence-corrected chi connectivity index (χ1v) is 6.57. The number of aryl methyl sites for hydroxylation is 2. The molecule has 0 aliphatic rings. The van der Waals surface area contributed by atoms with Crippen molar-refractivity contribution < 1.29 is 9.90 Å². The minimum Gasteiger partial charge on any atom is -0.394 e. The topological polar surface area (TPSA) is 65.1 Å². The summed E-state index contributed by atoms with van der Waals surface area (Å²) in [6.45, 7) is 5.96. The molecule has 2 aromatic rings. The average molecular weight is 260 g/mol. The van der Waals surface area contributed by atoms with Gasteiger partial charge in [-0.3, -0.25) is 4.79 Å². The molecule has 19 heavy (non-hydrogen) atoms. The van der Waals surface area contributed by atoms with Gasteiger partial charge in [0.25, 0.3) is 5.91 Å². The SMILES string of the molecule is CCC(CO)NC(=O)c1ccc2[nH]c(C)c(C)c2c1. The van der Waals surface area contributed by atoms with Crippen LogP contribution in [0.5, 0.6) is 0 Å². The lowest BCUT2D eigenvalue weighted by Crippen LogP contribution is -2.36. The number of hydrogen-bond donors (Lipinski definition) is 3. The molecule has 4 nitrogen and oxygen atoms in total. The second-order valence-electron chi connectivity index (χ2n) is 4.90. The zero-order valence-corrected chi connectivity index (χ0v) is 11.6. The van der Waals surface area contributed by atoms with Crippen molar-refractivity contribution in [3.05, 3.63) is 35.0 Å². The molecule has 102 valence electrons. The number of H-pyrrole nitrogens is 1. The minimum absolute atomic E-state index is 0.0349. The minimum atomic E-state index is -0.183. The number of hydrogen-bond acceptors (Lipinski definition) is 2. The van der Waals surface area contributed by atoms with E-state index in [9.17, 15) is 4.79 Å². The van der Waals surface area contributed by atoms with Gasteiger partial charge < -0.3 is 15.4 Å². The summed E-state index contributed by atoms with van der Waals surface area (Å²) in [6, 6.07) is 5.44. The lowest BCUT2D eigenvalue weighted by Gasteiger charge is -2.13. The molecule has 0 saturated carbocycles. The zero-order valence-electron chi connectivity index (χ0n) is 11.6. The highest BCUT2D eigenvalue weighted by atomic mass is 16.3. The molecule has 0 aliphatic carbocycles. The van der Waals surface area contributed by atoms with Gasteiger partial charge in [0.05, 0.1) is 12.6 Å². The van der Waals surface area contributed by atoms with Crippen LogP contribution < -0.4 is 5.32 Å². The number of aromatic amines is 1. The molecular formula is C15H20N2O2. The number of rotatable bonds is 4. The molecule has 0 fully saturated rings. The van der Waals surface area contributed by atoms with Crippen LogP contribution in [0.4, 0.5) is 0 Å². The van der Waals surface area contributed by atoms with E-state index >= 15 is 0 Å². The molecule has 0 spiro atoms. The van der Waals surface area contributed by atoms with Gasteiger partial charge >= 0.3 is 0 Å². The van der Waals surface area contributed by atoms with Gasteiger partial charge in [-0.1, -0.05) is 6.92 Å². The number of amides is 1. The lowest BCUT2D eigenvalue weighted by atomic mass is 10.1. The summed E-state index contributed by atoms with van der Waals surface area (Å²) in [5.74, 6) is -0.138. The Hall–Kier alpha value is -1.81. The van der Waals surface area contributed by atoms with E-state index in [0.717, 1.165) is 16.6 Å². The predicted molar refractivity (Wildman–Crippen MR) is 76.4 cm³/mol. The maximum atomic E-state index is 12.1. The van der Waals surface area contributed by atoms with E-state index < -0.39 is 0 Å². The molecule has 0 aliphatic heterocycles. The van der Waals surface area contributed by atoms with Gasteiger partial charge in [-0.2, -0.15) is 0 Å². The van der Waals surface area contributed by atoms with E-state index in [2.05, 4.69) is 10.3 Å². The Morgan fingerprint density at radius 2 is 2.16 bits per heavy atom. The number of aliphatic hydroxyl groups excluding tert-OH is 1. The van der Waals surface area contributed by atoms with E-state index in [-0.39, 0.29) is 18.6 Å². The van der Waals surface area contributed by atoms with Crippen LogP contribution in [0.1, 0.15) is 35.0 Å². The average Bonchev–Trinajstić information content (AvgIpc) is 2.71. The number of fused-ring (bicyclic) bond motifs is 1. The maximum Gasteiger partial charge on any atom is 0.251 e. The van der Waals surface area contributed by atoms with Crippen LogP contribution in [-0.2, 0) is 0 Å². The molecule has 4 heteroatoms. The largest absolute Gasteiger partial charge is 0.394 e. The fourth-order valence-electron chi connectivity index (χ4n) is 2.15. The summed E-state index contributed by atoms with van der Waals surface area (Å²) >= 11 is 0. The Labute approximate surface area is 112 Å². The van der Waals surface area contributed by atoms with Crippen molar-refractivity contribution in [3.8, 4) is 0 Å². The van der Waals surface area contributed by atoms with Crippen molar-refractivity contribution in [3.63, 3.8) is 0 Å². The lowest BCUT2D eigenvalue weighted by molar-refractivity contribution is 0.0915. The summed E-state index contributed by atoms with van der Waals surface area (Å²) < 4.78 is 0. The molecule has 2 rings (SSSR count). The van der Waals surface area contributed by atoms with Crippen molar-refractivity contribution in [1.82, 2.24) is 10.3 Å². The normalized spacial score (nSPS) is 12.6. The fourth-order valence-corrected chi connectivity index (χ4v) is 2.15. The summed E-state index contributed by atoms with van der Waals surface area (Å²) in [6.07, 6.45) is 0.715. The zero-order chi connectivity index (χ0) is 14.0. The number of nitrogens with one attached hydrogen (secondary N) is 2. The highest BCUT2D eigenvalue weighted by Gasteiger charge is 2.13. The summed E-state index contributed by atoms with van der Waals surface area (Å²) in [5.41, 5.74) is 3.95. The van der Waals surface area contributed by atoms with Crippen LogP contribution in [0.15, 0.2) is 18.2 Å². The Bertz CT molecular complexity index is 597. The summed E-state index contributed by atoms with van der Waals surface area (Å²) in [5, 5.41) is 13.0. The van der Waals surface area contributed by atoms with Crippen molar-refractivity contribution in [2.24, 2.45) is 0 Å². The highest BCUT2D eigenvalue weighted by Crippen LogP contribution is 2.22. The third-order valence-corrected chi connectivity index (χ3v) is 3.62. The summed E-state index contributed by atoms with van der Waals surface area (Å²) in [4.78, 5) is 15.4.